The van der Waals surface area contributed by atoms with Crippen LogP contribution in [0, 0.1) is 0 Å². The quantitative estimate of drug-likeness (QED) is 0.780. The molecule has 0 fully saturated rings. The standard InChI is InChI=1S/C7H4BrClO.Mn/c1-4-2-5(8)3-6(9)7(4)10;/h1-3,10H;. The van der Waals surface area contributed by atoms with Crippen molar-refractivity contribution in [3.63, 3.8) is 0 Å². The minimum absolute atomic E-state index is 0.0896. The number of phenolic OH excluding ortho intramolecular Hbond substituents is 1. The summed E-state index contributed by atoms with van der Waals surface area (Å²) in [7, 11) is 0. The number of aromatic hydroxyl groups is 1. The Balaban J connectivity index is 3.35. The molecule has 59 valence electrons. The molecule has 4 heteroatoms. The third-order valence-electron chi connectivity index (χ3n) is 1.18. The van der Waals surface area contributed by atoms with E-state index in [2.05, 4.69) is 31.5 Å². The molecule has 1 aromatic carbocycles. The molecule has 0 aliphatic rings. The number of hydrogen-bond donors (Lipinski definition) is 1. The SMILES string of the molecule is Oc1c(Cl)cc(Br)cc1[CH]=[Mn]. The van der Waals surface area contributed by atoms with Crippen LogP contribution in [0.25, 0.3) is 0 Å². The van der Waals surface area contributed by atoms with Gasteiger partial charge in [-0.25, -0.2) is 0 Å². The van der Waals surface area contributed by atoms with E-state index in [9.17, 15) is 5.11 Å². The first kappa shape index (κ1) is 9.27. The van der Waals surface area contributed by atoms with Crippen molar-refractivity contribution in [2.75, 3.05) is 0 Å². The molecule has 0 radical (unpaired) electrons. The van der Waals surface area contributed by atoms with Gasteiger partial charge in [0.05, 0.1) is 0 Å². The van der Waals surface area contributed by atoms with Gasteiger partial charge in [-0.3, -0.25) is 0 Å². The van der Waals surface area contributed by atoms with Crippen molar-refractivity contribution in [3.05, 3.63) is 27.2 Å². The van der Waals surface area contributed by atoms with Gasteiger partial charge in [-0.05, 0) is 0 Å². The fourth-order valence-corrected chi connectivity index (χ4v) is 1.76. The molecule has 0 saturated carbocycles. The van der Waals surface area contributed by atoms with Crippen LogP contribution in [-0.4, -0.2) is 10.0 Å². The average molecular weight is 274 g/mol. The summed E-state index contributed by atoms with van der Waals surface area (Å²) in [4.78, 5) is 1.61. The molecule has 0 aliphatic carbocycles. The summed E-state index contributed by atoms with van der Waals surface area (Å²) in [6, 6.07) is 3.40. The van der Waals surface area contributed by atoms with Crippen LogP contribution in [0.2, 0.25) is 5.02 Å². The second-order valence-corrected chi connectivity index (χ2v) is 3.60. The molecular formula is C7H4BrClMnO. The molecule has 0 aromatic heterocycles. The first-order valence-electron chi connectivity index (χ1n) is 2.76. The molecule has 1 aromatic rings. The van der Waals surface area contributed by atoms with Gasteiger partial charge in [-0.2, -0.15) is 0 Å². The van der Waals surface area contributed by atoms with E-state index in [4.69, 9.17) is 11.6 Å². The molecule has 0 spiro atoms. The number of halogens is 2. The van der Waals surface area contributed by atoms with Crippen molar-refractivity contribution in [1.82, 2.24) is 0 Å². The van der Waals surface area contributed by atoms with Crippen molar-refractivity contribution >= 4 is 32.5 Å². The maximum atomic E-state index is 9.31. The Morgan fingerprint density at radius 2 is 2.18 bits per heavy atom. The Labute approximate surface area is 85.9 Å². The van der Waals surface area contributed by atoms with E-state index in [-0.39, 0.29) is 5.75 Å². The predicted octanol–water partition coefficient (Wildman–Crippen LogP) is 2.51. The zero-order valence-electron chi connectivity index (χ0n) is 5.31. The molecule has 1 rings (SSSR count). The van der Waals surface area contributed by atoms with Crippen LogP contribution in [0.5, 0.6) is 5.75 Å². The van der Waals surface area contributed by atoms with Crippen LogP contribution < -0.4 is 0 Å². The second-order valence-electron chi connectivity index (χ2n) is 1.93. The Morgan fingerprint density at radius 1 is 1.55 bits per heavy atom. The maximum absolute atomic E-state index is 9.31. The Kier molecular flexibility index (Phi) is 3.14. The molecule has 0 heterocycles. The molecule has 0 unspecified atom stereocenters. The van der Waals surface area contributed by atoms with Gasteiger partial charge in [0.25, 0.3) is 0 Å². The monoisotopic (exact) mass is 273 g/mol. The fraction of sp³-hybridized carbons (Fsp3) is 0. The molecule has 0 amide bonds. The molecule has 0 saturated heterocycles. The Bertz CT molecular complexity index is 301. The first-order chi connectivity index (χ1) is 5.15. The first-order valence-corrected chi connectivity index (χ1v) is 4.62. The molecule has 0 aliphatic heterocycles. The zero-order chi connectivity index (χ0) is 8.43. The van der Waals surface area contributed by atoms with Gasteiger partial charge in [0.15, 0.2) is 0 Å². The number of rotatable bonds is 1. The van der Waals surface area contributed by atoms with Gasteiger partial charge in [-0.15, -0.1) is 0 Å². The van der Waals surface area contributed by atoms with Crippen molar-refractivity contribution in [1.29, 1.82) is 0 Å². The van der Waals surface area contributed by atoms with Crippen LogP contribution in [0.1, 0.15) is 5.56 Å². The van der Waals surface area contributed by atoms with Crippen molar-refractivity contribution in [2.45, 2.75) is 0 Å². The van der Waals surface area contributed by atoms with Gasteiger partial charge in [0.1, 0.15) is 0 Å². The van der Waals surface area contributed by atoms with Crippen LogP contribution in [0.15, 0.2) is 16.6 Å². The van der Waals surface area contributed by atoms with Crippen LogP contribution in [0.3, 0.4) is 0 Å². The van der Waals surface area contributed by atoms with E-state index >= 15 is 0 Å². The molecule has 1 nitrogen and oxygen atoms in total. The summed E-state index contributed by atoms with van der Waals surface area (Å²) in [5.41, 5.74) is 0.657. The molecular weight excluding hydrogens is 270 g/mol. The van der Waals surface area contributed by atoms with Crippen molar-refractivity contribution in [2.24, 2.45) is 0 Å². The van der Waals surface area contributed by atoms with Gasteiger partial charge in [0.2, 0.25) is 0 Å². The van der Waals surface area contributed by atoms with Crippen LogP contribution in [0.4, 0.5) is 0 Å². The number of benzene rings is 1. The third kappa shape index (κ3) is 2.06. The normalized spacial score (nSPS) is 9.64. The molecule has 1 N–H and O–H groups in total. The van der Waals surface area contributed by atoms with E-state index in [0.717, 1.165) is 4.47 Å². The van der Waals surface area contributed by atoms with Gasteiger partial charge in [0, 0.05) is 0 Å². The number of hydrogen-bond acceptors (Lipinski definition) is 1. The van der Waals surface area contributed by atoms with Crippen LogP contribution >= 0.6 is 27.5 Å². The summed E-state index contributed by atoms with van der Waals surface area (Å²) in [5.74, 6) is 0.0896. The Hall–Kier alpha value is 0.179. The number of phenols is 1. The van der Waals surface area contributed by atoms with Crippen molar-refractivity contribution in [3.8, 4) is 5.75 Å². The second kappa shape index (κ2) is 3.72. The van der Waals surface area contributed by atoms with E-state index in [1.54, 1.807) is 17.1 Å². The summed E-state index contributed by atoms with van der Waals surface area (Å²) in [5, 5.41) is 9.65. The molecule has 0 bridgehead atoms. The van der Waals surface area contributed by atoms with E-state index in [0.29, 0.717) is 10.6 Å². The zero-order valence-corrected chi connectivity index (χ0v) is 8.84. The van der Waals surface area contributed by atoms with Gasteiger partial charge in [-0.1, -0.05) is 0 Å². The third-order valence-corrected chi connectivity index (χ3v) is 2.29. The molecule has 11 heavy (non-hydrogen) atoms. The fourth-order valence-electron chi connectivity index (χ4n) is 0.669. The van der Waals surface area contributed by atoms with Crippen molar-refractivity contribution < 1.29 is 20.7 Å². The van der Waals surface area contributed by atoms with E-state index in [1.165, 1.54) is 0 Å². The minimum atomic E-state index is 0.0896. The van der Waals surface area contributed by atoms with Gasteiger partial charge < -0.3 is 0 Å². The van der Waals surface area contributed by atoms with Gasteiger partial charge >= 0.3 is 86.1 Å². The average Bonchev–Trinajstić information content (AvgIpc) is 1.96. The molecule has 0 atom stereocenters. The van der Waals surface area contributed by atoms with E-state index in [1.807, 2.05) is 0 Å². The summed E-state index contributed by atoms with van der Waals surface area (Å²) < 4.78 is 0.839. The summed E-state index contributed by atoms with van der Waals surface area (Å²) in [6.45, 7) is 0. The van der Waals surface area contributed by atoms with E-state index < -0.39 is 0 Å². The van der Waals surface area contributed by atoms with Crippen LogP contribution in [-0.2, 0) is 15.6 Å². The predicted molar refractivity (Wildman–Crippen MR) is 46.0 cm³/mol. The summed E-state index contributed by atoms with van der Waals surface area (Å²) in [6.07, 6.45) is 0. The topological polar surface area (TPSA) is 20.2 Å². The summed E-state index contributed by atoms with van der Waals surface area (Å²) >= 11 is 12.0. The Morgan fingerprint density at radius 3 is 2.73 bits per heavy atom.